The van der Waals surface area contributed by atoms with E-state index in [1.54, 1.807) is 12.1 Å². The Labute approximate surface area is 124 Å². The molecule has 20 heavy (non-hydrogen) atoms. The third-order valence-corrected chi connectivity index (χ3v) is 3.92. The predicted octanol–water partition coefficient (Wildman–Crippen LogP) is 4.69. The van der Waals surface area contributed by atoms with Crippen LogP contribution in [0.1, 0.15) is 22.9 Å². The highest BCUT2D eigenvalue weighted by Gasteiger charge is 2.19. The number of hydrogen-bond donors (Lipinski definition) is 1. The van der Waals surface area contributed by atoms with Gasteiger partial charge in [-0.1, -0.05) is 28.1 Å². The Morgan fingerprint density at radius 2 is 2.00 bits per heavy atom. The van der Waals surface area contributed by atoms with Gasteiger partial charge >= 0.3 is 0 Å². The van der Waals surface area contributed by atoms with Crippen LogP contribution in [0.5, 0.6) is 0 Å². The molecule has 0 saturated heterocycles. The molecule has 2 N–H and O–H groups in total. The van der Waals surface area contributed by atoms with Gasteiger partial charge in [0.15, 0.2) is 0 Å². The fourth-order valence-electron chi connectivity index (χ4n) is 2.37. The summed E-state index contributed by atoms with van der Waals surface area (Å²) in [6, 6.07) is 11.7. The molecule has 0 radical (unpaired) electrons. The Morgan fingerprint density at radius 1 is 1.20 bits per heavy atom. The molecule has 4 heteroatoms. The molecule has 0 aliphatic rings. The highest BCUT2D eigenvalue weighted by molar-refractivity contribution is 9.10. The van der Waals surface area contributed by atoms with Crippen molar-refractivity contribution in [1.82, 2.24) is 0 Å². The number of fused-ring (bicyclic) bond motifs is 1. The van der Waals surface area contributed by atoms with Gasteiger partial charge in [0, 0.05) is 15.4 Å². The number of aryl methyl sites for hydroxylation is 1. The summed E-state index contributed by atoms with van der Waals surface area (Å²) in [7, 11) is 0. The Hall–Kier alpha value is -1.65. The summed E-state index contributed by atoms with van der Waals surface area (Å²) in [6.45, 7) is 1.97. The van der Waals surface area contributed by atoms with Crippen molar-refractivity contribution in [3.8, 4) is 0 Å². The topological polar surface area (TPSA) is 39.2 Å². The molecule has 0 fully saturated rings. The molecule has 3 aromatic rings. The average molecular weight is 334 g/mol. The zero-order valence-corrected chi connectivity index (χ0v) is 12.4. The van der Waals surface area contributed by atoms with Crippen molar-refractivity contribution in [3.05, 3.63) is 69.6 Å². The Morgan fingerprint density at radius 3 is 2.75 bits per heavy atom. The minimum atomic E-state index is -0.475. The zero-order chi connectivity index (χ0) is 14.3. The molecule has 0 spiro atoms. The lowest BCUT2D eigenvalue weighted by Gasteiger charge is -2.10. The Kier molecular flexibility index (Phi) is 3.36. The van der Waals surface area contributed by atoms with E-state index in [4.69, 9.17) is 10.2 Å². The van der Waals surface area contributed by atoms with E-state index < -0.39 is 6.04 Å². The highest BCUT2D eigenvalue weighted by atomic mass is 79.9. The van der Waals surface area contributed by atoms with Crippen LogP contribution in [0.15, 0.2) is 51.4 Å². The van der Waals surface area contributed by atoms with Crippen molar-refractivity contribution in [2.45, 2.75) is 13.0 Å². The number of rotatable bonds is 2. The molecule has 0 bridgehead atoms. The summed E-state index contributed by atoms with van der Waals surface area (Å²) < 4.78 is 20.1. The molecule has 0 aliphatic heterocycles. The second kappa shape index (κ2) is 5.04. The maximum Gasteiger partial charge on any atom is 0.135 e. The van der Waals surface area contributed by atoms with Gasteiger partial charge in [0.25, 0.3) is 0 Å². The van der Waals surface area contributed by atoms with Gasteiger partial charge in [0.1, 0.15) is 17.2 Å². The molecule has 102 valence electrons. The zero-order valence-electron chi connectivity index (χ0n) is 10.9. The SMILES string of the molecule is Cc1c(C(N)c2cccc(F)c2)oc2cc(Br)ccc12. The van der Waals surface area contributed by atoms with E-state index in [1.165, 1.54) is 12.1 Å². The van der Waals surface area contributed by atoms with Gasteiger partial charge in [-0.25, -0.2) is 4.39 Å². The summed E-state index contributed by atoms with van der Waals surface area (Å²) in [5, 5.41) is 1.02. The second-order valence-electron chi connectivity index (χ2n) is 4.76. The molecule has 2 aromatic carbocycles. The normalized spacial score (nSPS) is 12.8. The van der Waals surface area contributed by atoms with Gasteiger partial charge in [0.05, 0.1) is 6.04 Å². The van der Waals surface area contributed by atoms with E-state index in [0.717, 1.165) is 21.0 Å². The van der Waals surface area contributed by atoms with Crippen LogP contribution in [0.25, 0.3) is 11.0 Å². The minimum Gasteiger partial charge on any atom is -0.459 e. The van der Waals surface area contributed by atoms with E-state index in [-0.39, 0.29) is 5.82 Å². The van der Waals surface area contributed by atoms with Crippen LogP contribution in [0.3, 0.4) is 0 Å². The molecule has 3 rings (SSSR count). The quantitative estimate of drug-likeness (QED) is 0.738. The van der Waals surface area contributed by atoms with E-state index >= 15 is 0 Å². The second-order valence-corrected chi connectivity index (χ2v) is 5.68. The molecule has 1 aromatic heterocycles. The number of furan rings is 1. The van der Waals surface area contributed by atoms with Gasteiger partial charge in [-0.05, 0) is 42.8 Å². The minimum absolute atomic E-state index is 0.297. The fraction of sp³-hybridized carbons (Fsp3) is 0.125. The third-order valence-electron chi connectivity index (χ3n) is 3.43. The van der Waals surface area contributed by atoms with Crippen LogP contribution < -0.4 is 5.73 Å². The number of nitrogens with two attached hydrogens (primary N) is 1. The van der Waals surface area contributed by atoms with Gasteiger partial charge in [-0.15, -0.1) is 0 Å². The van der Waals surface area contributed by atoms with Crippen LogP contribution >= 0.6 is 15.9 Å². The first-order valence-corrected chi connectivity index (χ1v) is 7.05. The number of halogens is 2. The lowest BCUT2D eigenvalue weighted by Crippen LogP contribution is -2.12. The lowest BCUT2D eigenvalue weighted by atomic mass is 10.0. The van der Waals surface area contributed by atoms with Crippen molar-refractivity contribution >= 4 is 26.9 Å². The monoisotopic (exact) mass is 333 g/mol. The summed E-state index contributed by atoms with van der Waals surface area (Å²) >= 11 is 3.42. The van der Waals surface area contributed by atoms with Crippen LogP contribution in [0.4, 0.5) is 4.39 Å². The third kappa shape index (κ3) is 2.25. The number of benzene rings is 2. The Balaban J connectivity index is 2.12. The van der Waals surface area contributed by atoms with Gasteiger partial charge < -0.3 is 10.2 Å². The summed E-state index contributed by atoms with van der Waals surface area (Å²) in [5.41, 5.74) is 8.68. The van der Waals surface area contributed by atoms with Gasteiger partial charge in [0.2, 0.25) is 0 Å². The van der Waals surface area contributed by atoms with Crippen LogP contribution in [-0.2, 0) is 0 Å². The van der Waals surface area contributed by atoms with Gasteiger partial charge in [-0.3, -0.25) is 0 Å². The lowest BCUT2D eigenvalue weighted by molar-refractivity contribution is 0.519. The van der Waals surface area contributed by atoms with Crippen LogP contribution in [0, 0.1) is 12.7 Å². The first-order chi connectivity index (χ1) is 9.56. The maximum atomic E-state index is 13.3. The first kappa shape index (κ1) is 13.3. The number of hydrogen-bond acceptors (Lipinski definition) is 2. The predicted molar refractivity (Wildman–Crippen MR) is 81.1 cm³/mol. The molecule has 1 atom stereocenters. The molecule has 1 unspecified atom stereocenters. The largest absolute Gasteiger partial charge is 0.459 e. The first-order valence-electron chi connectivity index (χ1n) is 6.26. The van der Waals surface area contributed by atoms with E-state index in [9.17, 15) is 4.39 Å². The summed E-state index contributed by atoms with van der Waals surface area (Å²) in [4.78, 5) is 0. The molecule has 0 amide bonds. The maximum absolute atomic E-state index is 13.3. The van der Waals surface area contributed by atoms with Crippen LogP contribution in [0.2, 0.25) is 0 Å². The van der Waals surface area contributed by atoms with Crippen molar-refractivity contribution in [3.63, 3.8) is 0 Å². The molecular formula is C16H13BrFNO. The van der Waals surface area contributed by atoms with E-state index in [0.29, 0.717) is 11.3 Å². The fourth-order valence-corrected chi connectivity index (χ4v) is 2.71. The Bertz CT molecular complexity index is 781. The van der Waals surface area contributed by atoms with Crippen molar-refractivity contribution in [2.24, 2.45) is 5.73 Å². The van der Waals surface area contributed by atoms with Gasteiger partial charge in [-0.2, -0.15) is 0 Å². The average Bonchev–Trinajstić information content (AvgIpc) is 2.74. The molecule has 0 aliphatic carbocycles. The van der Waals surface area contributed by atoms with E-state index in [1.807, 2.05) is 25.1 Å². The van der Waals surface area contributed by atoms with Crippen molar-refractivity contribution in [2.75, 3.05) is 0 Å². The highest BCUT2D eigenvalue weighted by Crippen LogP contribution is 2.33. The molecular weight excluding hydrogens is 321 g/mol. The summed E-state index contributed by atoms with van der Waals surface area (Å²) in [6.07, 6.45) is 0. The van der Waals surface area contributed by atoms with E-state index in [2.05, 4.69) is 15.9 Å². The molecule has 1 heterocycles. The van der Waals surface area contributed by atoms with Crippen LogP contribution in [-0.4, -0.2) is 0 Å². The smallest absolute Gasteiger partial charge is 0.135 e. The van der Waals surface area contributed by atoms with Crippen molar-refractivity contribution in [1.29, 1.82) is 0 Å². The summed E-state index contributed by atoms with van der Waals surface area (Å²) in [5.74, 6) is 0.373. The standard InChI is InChI=1S/C16H13BrFNO/c1-9-13-6-5-11(17)8-14(13)20-16(9)15(19)10-3-2-4-12(18)7-10/h2-8,15H,19H2,1H3. The van der Waals surface area contributed by atoms with Crippen molar-refractivity contribution < 1.29 is 8.81 Å². The molecule has 2 nitrogen and oxygen atoms in total. The molecule has 0 saturated carbocycles.